The maximum absolute atomic E-state index is 13.4. The summed E-state index contributed by atoms with van der Waals surface area (Å²) in [6, 6.07) is 17.1. The molecule has 2 aliphatic rings. The van der Waals surface area contributed by atoms with Gasteiger partial charge in [-0.1, -0.05) is 67.9 Å². The quantitative estimate of drug-likeness (QED) is 0.785. The lowest BCUT2D eigenvalue weighted by Gasteiger charge is -2.40. The van der Waals surface area contributed by atoms with Crippen LogP contribution in [0.3, 0.4) is 0 Å². The van der Waals surface area contributed by atoms with Gasteiger partial charge in [-0.15, -0.1) is 0 Å². The van der Waals surface area contributed by atoms with E-state index >= 15 is 0 Å². The first-order valence-corrected chi connectivity index (χ1v) is 10.7. The number of benzene rings is 2. The number of halogens is 1. The molecule has 1 N–H and O–H groups in total. The number of hydrogen-bond donors (Lipinski definition) is 1. The van der Waals surface area contributed by atoms with Gasteiger partial charge in [-0.3, -0.25) is 9.59 Å². The zero-order valence-corrected chi connectivity index (χ0v) is 17.6. The molecular formula is C24H27ClN2O2. The summed E-state index contributed by atoms with van der Waals surface area (Å²) in [7, 11) is 0. The lowest BCUT2D eigenvalue weighted by atomic mass is 9.95. The summed E-state index contributed by atoms with van der Waals surface area (Å²) >= 11 is 6.01. The van der Waals surface area contributed by atoms with Crippen LogP contribution in [0.4, 0.5) is 0 Å². The largest absolute Gasteiger partial charge is 0.346 e. The molecule has 4 atom stereocenters. The van der Waals surface area contributed by atoms with Gasteiger partial charge >= 0.3 is 0 Å². The molecule has 0 bridgehead atoms. The van der Waals surface area contributed by atoms with Crippen LogP contribution < -0.4 is 5.32 Å². The Morgan fingerprint density at radius 1 is 1.10 bits per heavy atom. The number of carbonyl (C=O) groups excluding carboxylic acids is 2. The summed E-state index contributed by atoms with van der Waals surface area (Å²) < 4.78 is 0. The van der Waals surface area contributed by atoms with E-state index in [9.17, 15) is 9.59 Å². The Morgan fingerprint density at radius 2 is 1.79 bits per heavy atom. The van der Waals surface area contributed by atoms with E-state index in [-0.39, 0.29) is 29.7 Å². The normalized spacial score (nSPS) is 26.3. The number of nitrogens with one attached hydrogen (secondary N) is 1. The molecule has 0 aromatic heterocycles. The van der Waals surface area contributed by atoms with Gasteiger partial charge in [0.05, 0.1) is 6.04 Å². The third-order valence-corrected chi connectivity index (χ3v) is 6.21. The van der Waals surface area contributed by atoms with Gasteiger partial charge in [0.15, 0.2) is 0 Å². The molecule has 1 aliphatic carbocycles. The molecule has 4 unspecified atom stereocenters. The second-order valence-electron chi connectivity index (χ2n) is 8.61. The Bertz CT molecular complexity index is 882. The fraction of sp³-hybridized carbons (Fsp3) is 0.417. The molecule has 4 nitrogen and oxygen atoms in total. The van der Waals surface area contributed by atoms with Crippen LogP contribution in [0.1, 0.15) is 49.8 Å². The third-order valence-electron chi connectivity index (χ3n) is 5.96. The van der Waals surface area contributed by atoms with E-state index in [2.05, 4.69) is 31.3 Å². The van der Waals surface area contributed by atoms with E-state index in [0.717, 1.165) is 12.0 Å². The van der Waals surface area contributed by atoms with Crippen molar-refractivity contribution in [2.45, 2.75) is 44.7 Å². The van der Waals surface area contributed by atoms with Crippen molar-refractivity contribution in [1.29, 1.82) is 0 Å². The van der Waals surface area contributed by atoms with Crippen molar-refractivity contribution < 1.29 is 9.59 Å². The molecule has 1 saturated carbocycles. The first-order valence-electron chi connectivity index (χ1n) is 10.3. The van der Waals surface area contributed by atoms with Crippen molar-refractivity contribution in [3.63, 3.8) is 0 Å². The molecule has 0 spiro atoms. The molecular weight excluding hydrogens is 384 g/mol. The summed E-state index contributed by atoms with van der Waals surface area (Å²) in [4.78, 5) is 28.2. The van der Waals surface area contributed by atoms with E-state index in [0.29, 0.717) is 23.9 Å². The highest BCUT2D eigenvalue weighted by molar-refractivity contribution is 6.30. The van der Waals surface area contributed by atoms with Gasteiger partial charge in [-0.25, -0.2) is 0 Å². The minimum Gasteiger partial charge on any atom is -0.346 e. The monoisotopic (exact) mass is 410 g/mol. The Labute approximate surface area is 177 Å². The second-order valence-corrected chi connectivity index (χ2v) is 9.04. The topological polar surface area (TPSA) is 49.4 Å². The van der Waals surface area contributed by atoms with Crippen molar-refractivity contribution >= 4 is 23.4 Å². The van der Waals surface area contributed by atoms with Crippen molar-refractivity contribution in [3.05, 3.63) is 70.7 Å². The molecule has 4 rings (SSSR count). The number of piperazine rings is 1. The fourth-order valence-corrected chi connectivity index (χ4v) is 4.46. The third kappa shape index (κ3) is 4.32. The summed E-state index contributed by atoms with van der Waals surface area (Å²) in [5, 5.41) is 3.78. The minimum atomic E-state index is -0.400. The number of hydrogen-bond acceptors (Lipinski definition) is 2. The Morgan fingerprint density at radius 3 is 2.45 bits per heavy atom. The van der Waals surface area contributed by atoms with Gasteiger partial charge < -0.3 is 10.2 Å². The molecule has 1 aliphatic heterocycles. The standard InChI is InChI=1S/C24H27ClN2O2/c1-15(2)12-22-23(28)26-21(17-8-10-18(25)11-9-17)14-27(22)24(29)20-13-19(20)16-6-4-3-5-7-16/h3-11,15,19-22H,12-14H2,1-2H3,(H,26,28). The highest BCUT2D eigenvalue weighted by Gasteiger charge is 2.49. The van der Waals surface area contributed by atoms with Gasteiger partial charge in [0.2, 0.25) is 11.8 Å². The maximum atomic E-state index is 13.4. The van der Waals surface area contributed by atoms with Gasteiger partial charge in [0.25, 0.3) is 0 Å². The molecule has 5 heteroatoms. The lowest BCUT2D eigenvalue weighted by molar-refractivity contribution is -0.146. The van der Waals surface area contributed by atoms with Gasteiger partial charge in [-0.2, -0.15) is 0 Å². The van der Waals surface area contributed by atoms with Gasteiger partial charge in [0, 0.05) is 17.5 Å². The highest BCUT2D eigenvalue weighted by atomic mass is 35.5. The van der Waals surface area contributed by atoms with Crippen LogP contribution in [0.25, 0.3) is 0 Å². The average Bonchev–Trinajstić information content (AvgIpc) is 3.51. The minimum absolute atomic E-state index is 0.0242. The first kappa shape index (κ1) is 20.0. The predicted molar refractivity (Wildman–Crippen MR) is 115 cm³/mol. The molecule has 29 heavy (non-hydrogen) atoms. The van der Waals surface area contributed by atoms with Crippen LogP contribution in [0.15, 0.2) is 54.6 Å². The molecule has 152 valence electrons. The molecule has 2 aromatic carbocycles. The Hall–Kier alpha value is -2.33. The Balaban J connectivity index is 1.55. The lowest BCUT2D eigenvalue weighted by Crippen LogP contribution is -2.59. The summed E-state index contributed by atoms with van der Waals surface area (Å²) in [6.45, 7) is 4.68. The zero-order chi connectivity index (χ0) is 20.5. The van der Waals surface area contributed by atoms with E-state index < -0.39 is 6.04 Å². The average molecular weight is 411 g/mol. The van der Waals surface area contributed by atoms with Gasteiger partial charge in [0.1, 0.15) is 6.04 Å². The van der Waals surface area contributed by atoms with E-state index in [1.54, 1.807) is 0 Å². The van der Waals surface area contributed by atoms with Crippen LogP contribution in [-0.2, 0) is 9.59 Å². The number of amides is 2. The second kappa shape index (κ2) is 8.19. The SMILES string of the molecule is CC(C)CC1C(=O)NC(c2ccc(Cl)cc2)CN1C(=O)C1CC1c1ccccc1. The fourth-order valence-electron chi connectivity index (χ4n) is 4.34. The first-order chi connectivity index (χ1) is 13.9. The molecule has 2 aromatic rings. The smallest absolute Gasteiger partial charge is 0.243 e. The van der Waals surface area contributed by atoms with Gasteiger partial charge in [-0.05, 0) is 47.9 Å². The van der Waals surface area contributed by atoms with Crippen LogP contribution in [0.2, 0.25) is 5.02 Å². The molecule has 0 radical (unpaired) electrons. The van der Waals surface area contributed by atoms with Crippen molar-refractivity contribution in [1.82, 2.24) is 10.2 Å². The van der Waals surface area contributed by atoms with Crippen molar-refractivity contribution in [3.8, 4) is 0 Å². The highest BCUT2D eigenvalue weighted by Crippen LogP contribution is 2.49. The number of nitrogens with zero attached hydrogens (tertiary/aromatic N) is 1. The Kier molecular flexibility index (Phi) is 5.64. The van der Waals surface area contributed by atoms with Crippen molar-refractivity contribution in [2.24, 2.45) is 11.8 Å². The maximum Gasteiger partial charge on any atom is 0.243 e. The summed E-state index contributed by atoms with van der Waals surface area (Å²) in [5.41, 5.74) is 2.18. The number of rotatable bonds is 5. The van der Waals surface area contributed by atoms with Crippen molar-refractivity contribution in [2.75, 3.05) is 6.54 Å². The van der Waals surface area contributed by atoms with E-state index in [4.69, 9.17) is 11.6 Å². The molecule has 2 fully saturated rings. The summed E-state index contributed by atoms with van der Waals surface area (Å²) in [6.07, 6.45) is 1.54. The van der Waals surface area contributed by atoms with Crippen LogP contribution in [0.5, 0.6) is 0 Å². The molecule has 1 saturated heterocycles. The predicted octanol–water partition coefficient (Wildman–Crippen LogP) is 4.56. The molecule has 2 amide bonds. The van der Waals surface area contributed by atoms with E-state index in [1.165, 1.54) is 5.56 Å². The number of carbonyl (C=O) groups is 2. The van der Waals surface area contributed by atoms with Crippen LogP contribution in [0, 0.1) is 11.8 Å². The zero-order valence-electron chi connectivity index (χ0n) is 16.8. The van der Waals surface area contributed by atoms with Crippen LogP contribution >= 0.6 is 11.6 Å². The summed E-state index contributed by atoms with van der Waals surface area (Å²) in [5.74, 6) is 0.622. The van der Waals surface area contributed by atoms with E-state index in [1.807, 2.05) is 47.4 Å². The van der Waals surface area contributed by atoms with Crippen LogP contribution in [-0.4, -0.2) is 29.3 Å². The molecule has 1 heterocycles.